The predicted molar refractivity (Wildman–Crippen MR) is 158 cm³/mol. The Kier molecular flexibility index (Phi) is 21.9. The van der Waals surface area contributed by atoms with Crippen LogP contribution in [0.1, 0.15) is 37.8 Å². The van der Waals surface area contributed by atoms with Gasteiger partial charge in [-0.3, -0.25) is 12.2 Å². The Morgan fingerprint density at radius 3 is 1.17 bits per heavy atom. The molecule has 0 saturated heterocycles. The van der Waals surface area contributed by atoms with E-state index in [9.17, 15) is 0 Å². The monoisotopic (exact) mass is 594 g/mol. The van der Waals surface area contributed by atoms with Crippen LogP contribution in [0.2, 0.25) is 0 Å². The molecule has 0 heterocycles. The first-order valence-electron chi connectivity index (χ1n) is 10.7. The van der Waals surface area contributed by atoms with Crippen LogP contribution in [0.4, 0.5) is 0 Å². The van der Waals surface area contributed by atoms with E-state index < -0.39 is 0 Å². The Bertz CT molecular complexity index is 959. The van der Waals surface area contributed by atoms with Crippen LogP contribution in [0, 0.1) is 25.6 Å². The van der Waals surface area contributed by atoms with Gasteiger partial charge in [-0.05, 0) is 11.1 Å². The largest absolute Gasteiger partial charge is 0.184 e. The summed E-state index contributed by atoms with van der Waals surface area (Å²) in [5, 5.41) is 0. The fourth-order valence-corrected chi connectivity index (χ4v) is 3.21. The molecule has 0 bridgehead atoms. The third-order valence-electron chi connectivity index (χ3n) is 4.79. The van der Waals surface area contributed by atoms with Crippen molar-refractivity contribution in [1.82, 2.24) is 0 Å². The van der Waals surface area contributed by atoms with Gasteiger partial charge in [-0.25, -0.2) is 23.3 Å². The summed E-state index contributed by atoms with van der Waals surface area (Å²) in [4.78, 5) is 0. The average Bonchev–Trinajstić information content (AvgIpc) is 3.52. The number of benzene rings is 3. The summed E-state index contributed by atoms with van der Waals surface area (Å²) in [6.07, 6.45) is 12.9. The Balaban J connectivity index is 0. The number of allylic oxidation sites excluding steroid dienone is 8. The van der Waals surface area contributed by atoms with Crippen LogP contribution in [-0.2, 0) is 23.3 Å². The van der Waals surface area contributed by atoms with Gasteiger partial charge in [0.2, 0.25) is 0 Å². The molecule has 0 amide bonds. The van der Waals surface area contributed by atoms with Crippen LogP contribution in [-0.4, -0.2) is 6.88 Å². The maximum atomic E-state index is 3.29. The average molecular weight is 597 g/mol. The van der Waals surface area contributed by atoms with Crippen LogP contribution in [0.5, 0.6) is 0 Å². The summed E-state index contributed by atoms with van der Waals surface area (Å²) in [6, 6.07) is 33.5. The van der Waals surface area contributed by atoms with Crippen molar-refractivity contribution in [2.24, 2.45) is 0 Å². The van der Waals surface area contributed by atoms with Crippen molar-refractivity contribution in [3.8, 4) is 0 Å². The molecule has 0 fully saturated rings. The van der Waals surface area contributed by atoms with Crippen LogP contribution in [0.3, 0.4) is 0 Å². The van der Waals surface area contributed by atoms with E-state index in [-0.39, 0.29) is 32.2 Å². The Hall–Kier alpha value is -1.70. The topological polar surface area (TPSA) is 0 Å². The van der Waals surface area contributed by atoms with Crippen molar-refractivity contribution in [3.63, 3.8) is 0 Å². The van der Waals surface area contributed by atoms with Gasteiger partial charge in [-0.1, -0.05) is 74.5 Å². The smallest absolute Gasteiger partial charge is 0.171 e. The molecule has 3 aromatic rings. The number of rotatable bonds is 2. The molecule has 2 aliphatic carbocycles. The van der Waals surface area contributed by atoms with Crippen molar-refractivity contribution in [2.75, 3.05) is 0 Å². The van der Waals surface area contributed by atoms with Gasteiger partial charge < -0.3 is 7.43 Å². The standard InChI is InChI=1S/2C12H11.C6H5.CH3.2ClH.H2Si.Zr/c2*1-10-7-8-12(9-10)11-5-3-2-4-6-11;1-2-4-6-5-3-1;;;;;/h2*2-6,9H,8H2,1H3;1-5H;1H3;2*1H;1H2;/q4*-1;;;;. The van der Waals surface area contributed by atoms with E-state index >= 15 is 0 Å². The molecule has 2 aliphatic rings. The second kappa shape index (κ2) is 21.6. The molecule has 0 spiro atoms. The molecule has 0 N–H and O–H groups in total. The second-order valence-electron chi connectivity index (χ2n) is 7.22. The van der Waals surface area contributed by atoms with E-state index in [2.05, 4.69) is 92.7 Å². The third-order valence-corrected chi connectivity index (χ3v) is 4.79. The Morgan fingerprint density at radius 2 is 0.943 bits per heavy atom. The molecular formula is C31H34Cl2SiZr-4. The predicted octanol–water partition coefficient (Wildman–Crippen LogP) is 8.31. The summed E-state index contributed by atoms with van der Waals surface area (Å²) in [5.41, 5.74) is 7.92. The molecule has 0 atom stereocenters. The number of halogens is 2. The van der Waals surface area contributed by atoms with E-state index in [0.29, 0.717) is 0 Å². The van der Waals surface area contributed by atoms with Crippen molar-refractivity contribution >= 4 is 42.8 Å². The van der Waals surface area contributed by atoms with Gasteiger partial charge in [-0.15, -0.1) is 48.8 Å². The molecule has 0 aromatic heterocycles. The first-order chi connectivity index (χ1) is 15.7. The van der Waals surface area contributed by atoms with Gasteiger partial charge in [0.05, 0.1) is 0 Å². The molecular weight excluding hydrogens is 563 g/mol. The van der Waals surface area contributed by atoms with Crippen molar-refractivity contribution < 1.29 is 23.3 Å². The van der Waals surface area contributed by atoms with Crippen molar-refractivity contribution in [1.29, 1.82) is 0 Å². The molecule has 0 radical (unpaired) electrons. The van der Waals surface area contributed by atoms with E-state index in [4.69, 9.17) is 0 Å². The van der Waals surface area contributed by atoms with Crippen LogP contribution < -0.4 is 0 Å². The molecule has 4 heteroatoms. The number of hydrogen-bond donors (Lipinski definition) is 0. The first-order valence-corrected chi connectivity index (χ1v) is 16.6. The zero-order valence-electron chi connectivity index (χ0n) is 20.8. The maximum Gasteiger partial charge on any atom is -0.171 e. The fourth-order valence-electron chi connectivity index (χ4n) is 3.21. The van der Waals surface area contributed by atoms with E-state index in [0.717, 1.165) is 12.8 Å². The van der Waals surface area contributed by atoms with Gasteiger partial charge in [0, 0.05) is 0 Å². The van der Waals surface area contributed by atoms with Crippen molar-refractivity contribution in [2.45, 2.75) is 26.7 Å². The molecule has 0 unspecified atom stereocenters. The zero-order chi connectivity index (χ0) is 23.0. The SMILES string of the molecule is CC1=[C-]CC(c2ccccc2)=C1.CC1=[C-]CC(c2ccccc2)=C1.Cl.Cl.[CH3-].[SiH2]=[Zr].[c-]1ccccc1. The summed E-state index contributed by atoms with van der Waals surface area (Å²) in [5.74, 6) is 0. The van der Waals surface area contributed by atoms with Crippen LogP contribution in [0.15, 0.2) is 114 Å². The molecule has 35 heavy (non-hydrogen) atoms. The number of hydrogen-bond acceptors (Lipinski definition) is 0. The van der Waals surface area contributed by atoms with Crippen molar-refractivity contribution in [3.05, 3.63) is 151 Å². The fraction of sp³-hybridized carbons (Fsp3) is 0.129. The van der Waals surface area contributed by atoms with Crippen LogP contribution >= 0.6 is 24.8 Å². The molecule has 184 valence electrons. The molecule has 3 aromatic carbocycles. The second-order valence-corrected chi connectivity index (χ2v) is 7.22. The summed E-state index contributed by atoms with van der Waals surface area (Å²) >= 11 is 1.58. The molecule has 5 rings (SSSR count). The zero-order valence-corrected chi connectivity index (χ0v) is 26.3. The minimum absolute atomic E-state index is 0. The third kappa shape index (κ3) is 13.8. The molecule has 0 nitrogen and oxygen atoms in total. The normalized spacial score (nSPS) is 12.3. The van der Waals surface area contributed by atoms with E-state index in [1.165, 1.54) is 33.4 Å². The van der Waals surface area contributed by atoms with Crippen LogP contribution in [0.25, 0.3) is 11.1 Å². The summed E-state index contributed by atoms with van der Waals surface area (Å²) in [6.45, 7) is 6.14. The van der Waals surface area contributed by atoms with E-state index in [1.807, 2.05) is 49.3 Å². The van der Waals surface area contributed by atoms with Gasteiger partial charge in [0.15, 0.2) is 0 Å². The maximum absolute atomic E-state index is 3.29. The first kappa shape index (κ1) is 35.5. The van der Waals surface area contributed by atoms with Gasteiger partial charge in [0.25, 0.3) is 0 Å². The Labute approximate surface area is 242 Å². The minimum Gasteiger partial charge on any atom is -0.184 e. The minimum atomic E-state index is 0. The molecule has 0 aliphatic heterocycles. The van der Waals surface area contributed by atoms with E-state index in [1.54, 1.807) is 23.3 Å². The summed E-state index contributed by atoms with van der Waals surface area (Å²) in [7, 11) is 0. The Morgan fingerprint density at radius 1 is 0.600 bits per heavy atom. The van der Waals surface area contributed by atoms with Gasteiger partial charge in [-0.2, -0.15) is 36.4 Å². The summed E-state index contributed by atoms with van der Waals surface area (Å²) < 4.78 is 0. The molecule has 0 saturated carbocycles. The quantitative estimate of drug-likeness (QED) is 0.206. The van der Waals surface area contributed by atoms with Gasteiger partial charge >= 0.3 is 30.2 Å². The van der Waals surface area contributed by atoms with Gasteiger partial charge in [0.1, 0.15) is 0 Å².